The predicted octanol–water partition coefficient (Wildman–Crippen LogP) is 2.34. The Kier molecular flexibility index (Phi) is 4.30. The average Bonchev–Trinajstić information content (AvgIpc) is 2.59. The van der Waals surface area contributed by atoms with Crippen LogP contribution in [0.25, 0.3) is 0 Å². The number of sulfonamides is 1. The fourth-order valence-electron chi connectivity index (χ4n) is 2.40. The largest absolute Gasteiger partial charge is 0.269 e. The van der Waals surface area contributed by atoms with Crippen LogP contribution in [0.15, 0.2) is 11.1 Å². The molecule has 0 saturated carbocycles. The van der Waals surface area contributed by atoms with Crippen LogP contribution in [0.4, 0.5) is 0 Å². The van der Waals surface area contributed by atoms with Crippen molar-refractivity contribution in [3.8, 4) is 0 Å². The van der Waals surface area contributed by atoms with Crippen molar-refractivity contribution in [2.75, 3.05) is 13.1 Å². The standard InChI is InChI=1S/C13H23N3O2S/c1-11(2)16-10-13(12(3)14-16)19(17,18)15-8-6-4-5-7-9-15/h10-11H,4-9H2,1-3H3. The fraction of sp³-hybridized carbons (Fsp3) is 0.769. The summed E-state index contributed by atoms with van der Waals surface area (Å²) >= 11 is 0. The zero-order chi connectivity index (χ0) is 14.0. The maximum atomic E-state index is 12.7. The first-order chi connectivity index (χ1) is 8.93. The molecule has 2 rings (SSSR count). The van der Waals surface area contributed by atoms with E-state index < -0.39 is 10.0 Å². The van der Waals surface area contributed by atoms with Gasteiger partial charge in [0.2, 0.25) is 10.0 Å². The Morgan fingerprint density at radius 1 is 1.16 bits per heavy atom. The summed E-state index contributed by atoms with van der Waals surface area (Å²) in [4.78, 5) is 0.364. The van der Waals surface area contributed by atoms with Crippen LogP contribution in [0, 0.1) is 6.92 Å². The Balaban J connectivity index is 2.32. The molecule has 0 bridgehead atoms. The molecule has 1 aliphatic heterocycles. The molecule has 0 N–H and O–H groups in total. The van der Waals surface area contributed by atoms with Gasteiger partial charge in [-0.15, -0.1) is 0 Å². The topological polar surface area (TPSA) is 55.2 Å². The predicted molar refractivity (Wildman–Crippen MR) is 74.6 cm³/mol. The smallest absolute Gasteiger partial charge is 0.246 e. The van der Waals surface area contributed by atoms with Crippen molar-refractivity contribution >= 4 is 10.0 Å². The molecule has 0 spiro atoms. The summed E-state index contributed by atoms with van der Waals surface area (Å²) < 4.78 is 28.7. The first-order valence-corrected chi connectivity index (χ1v) is 8.43. The highest BCUT2D eigenvalue weighted by Gasteiger charge is 2.28. The van der Waals surface area contributed by atoms with Gasteiger partial charge in [0.25, 0.3) is 0 Å². The van der Waals surface area contributed by atoms with Gasteiger partial charge in [-0.05, 0) is 33.6 Å². The molecule has 6 heteroatoms. The van der Waals surface area contributed by atoms with Gasteiger partial charge in [-0.25, -0.2) is 8.42 Å². The molecular weight excluding hydrogens is 262 g/mol. The number of hydrogen-bond donors (Lipinski definition) is 0. The third kappa shape index (κ3) is 3.00. The van der Waals surface area contributed by atoms with Gasteiger partial charge in [0.15, 0.2) is 0 Å². The Bertz CT molecular complexity index is 526. The summed E-state index contributed by atoms with van der Waals surface area (Å²) in [5.41, 5.74) is 0.595. The molecule has 1 fully saturated rings. The second kappa shape index (κ2) is 5.63. The third-order valence-electron chi connectivity index (χ3n) is 3.58. The molecule has 1 saturated heterocycles. The van der Waals surface area contributed by atoms with Crippen LogP contribution in [0.2, 0.25) is 0 Å². The molecule has 1 aromatic heterocycles. The molecule has 0 unspecified atom stereocenters. The molecular formula is C13H23N3O2S. The van der Waals surface area contributed by atoms with E-state index in [0.717, 1.165) is 25.7 Å². The van der Waals surface area contributed by atoms with Crippen molar-refractivity contribution in [1.82, 2.24) is 14.1 Å². The van der Waals surface area contributed by atoms with Crippen molar-refractivity contribution in [1.29, 1.82) is 0 Å². The fourth-order valence-corrected chi connectivity index (χ4v) is 4.08. The van der Waals surface area contributed by atoms with E-state index in [4.69, 9.17) is 0 Å². The molecule has 1 aliphatic rings. The molecule has 0 aliphatic carbocycles. The van der Waals surface area contributed by atoms with E-state index in [-0.39, 0.29) is 6.04 Å². The molecule has 5 nitrogen and oxygen atoms in total. The Morgan fingerprint density at radius 3 is 2.21 bits per heavy atom. The molecule has 2 heterocycles. The average molecular weight is 285 g/mol. The first kappa shape index (κ1) is 14.5. The molecule has 1 aromatic rings. The van der Waals surface area contributed by atoms with Gasteiger partial charge in [0, 0.05) is 25.3 Å². The highest BCUT2D eigenvalue weighted by Crippen LogP contribution is 2.23. The SMILES string of the molecule is Cc1nn(C(C)C)cc1S(=O)(=O)N1CCCCCC1. The zero-order valence-corrected chi connectivity index (χ0v) is 12.8. The first-order valence-electron chi connectivity index (χ1n) is 6.99. The molecule has 0 radical (unpaired) electrons. The number of aromatic nitrogens is 2. The van der Waals surface area contributed by atoms with E-state index in [1.165, 1.54) is 0 Å². The lowest BCUT2D eigenvalue weighted by atomic mass is 10.2. The van der Waals surface area contributed by atoms with Gasteiger partial charge in [0.1, 0.15) is 4.90 Å². The third-order valence-corrected chi connectivity index (χ3v) is 5.59. The van der Waals surface area contributed by atoms with Gasteiger partial charge >= 0.3 is 0 Å². The van der Waals surface area contributed by atoms with Crippen LogP contribution in [0.3, 0.4) is 0 Å². The summed E-state index contributed by atoms with van der Waals surface area (Å²) in [7, 11) is -3.38. The van der Waals surface area contributed by atoms with Crippen LogP contribution in [-0.4, -0.2) is 35.6 Å². The molecule has 19 heavy (non-hydrogen) atoms. The number of aryl methyl sites for hydroxylation is 1. The lowest BCUT2D eigenvalue weighted by molar-refractivity contribution is 0.423. The minimum Gasteiger partial charge on any atom is -0.269 e. The Hall–Kier alpha value is -0.880. The van der Waals surface area contributed by atoms with E-state index in [1.54, 1.807) is 22.1 Å². The Labute approximate surface area is 115 Å². The molecule has 0 atom stereocenters. The highest BCUT2D eigenvalue weighted by atomic mass is 32.2. The summed E-state index contributed by atoms with van der Waals surface area (Å²) in [6, 6.07) is 0.173. The van der Waals surface area contributed by atoms with Crippen molar-refractivity contribution in [2.24, 2.45) is 0 Å². The zero-order valence-electron chi connectivity index (χ0n) is 12.0. The van der Waals surface area contributed by atoms with Crippen LogP contribution in [-0.2, 0) is 10.0 Å². The lowest BCUT2D eigenvalue weighted by Crippen LogP contribution is -2.32. The number of nitrogens with zero attached hydrogens (tertiary/aromatic N) is 3. The minimum atomic E-state index is -3.38. The number of rotatable bonds is 3. The van der Waals surface area contributed by atoms with Gasteiger partial charge in [-0.1, -0.05) is 12.8 Å². The quantitative estimate of drug-likeness (QED) is 0.856. The summed E-state index contributed by atoms with van der Waals surface area (Å²) in [5, 5.41) is 4.31. The minimum absolute atomic E-state index is 0.173. The monoisotopic (exact) mass is 285 g/mol. The van der Waals surface area contributed by atoms with Crippen LogP contribution < -0.4 is 0 Å². The molecule has 0 amide bonds. The van der Waals surface area contributed by atoms with Crippen LogP contribution in [0.1, 0.15) is 51.3 Å². The normalized spacial score (nSPS) is 18.7. The van der Waals surface area contributed by atoms with Gasteiger partial charge in [-0.2, -0.15) is 9.40 Å². The van der Waals surface area contributed by atoms with E-state index in [1.807, 2.05) is 13.8 Å². The lowest BCUT2D eigenvalue weighted by Gasteiger charge is -2.19. The summed E-state index contributed by atoms with van der Waals surface area (Å²) in [5.74, 6) is 0. The van der Waals surface area contributed by atoms with Crippen LogP contribution in [0.5, 0.6) is 0 Å². The van der Waals surface area contributed by atoms with Gasteiger partial charge < -0.3 is 0 Å². The summed E-state index contributed by atoms with van der Waals surface area (Å²) in [6.07, 6.45) is 5.82. The van der Waals surface area contributed by atoms with Crippen molar-refractivity contribution < 1.29 is 8.42 Å². The van der Waals surface area contributed by atoms with E-state index in [2.05, 4.69) is 5.10 Å². The second-order valence-corrected chi connectivity index (χ2v) is 7.38. The maximum Gasteiger partial charge on any atom is 0.246 e. The van der Waals surface area contributed by atoms with Gasteiger partial charge in [0.05, 0.1) is 5.69 Å². The van der Waals surface area contributed by atoms with Crippen LogP contribution >= 0.6 is 0 Å². The van der Waals surface area contributed by atoms with E-state index in [9.17, 15) is 8.42 Å². The van der Waals surface area contributed by atoms with Gasteiger partial charge in [-0.3, -0.25) is 4.68 Å². The molecule has 0 aromatic carbocycles. The van der Waals surface area contributed by atoms with E-state index in [0.29, 0.717) is 23.7 Å². The van der Waals surface area contributed by atoms with Crippen molar-refractivity contribution in [3.63, 3.8) is 0 Å². The maximum absolute atomic E-state index is 12.7. The molecule has 108 valence electrons. The number of hydrogen-bond acceptors (Lipinski definition) is 3. The Morgan fingerprint density at radius 2 is 1.74 bits per heavy atom. The van der Waals surface area contributed by atoms with E-state index >= 15 is 0 Å². The van der Waals surface area contributed by atoms with Crippen molar-refractivity contribution in [2.45, 2.75) is 57.4 Å². The van der Waals surface area contributed by atoms with Crippen molar-refractivity contribution in [3.05, 3.63) is 11.9 Å². The second-order valence-electron chi connectivity index (χ2n) is 5.47. The highest BCUT2D eigenvalue weighted by molar-refractivity contribution is 7.89. The summed E-state index contributed by atoms with van der Waals surface area (Å²) in [6.45, 7) is 7.02.